The quantitative estimate of drug-likeness (QED) is 0.349. The fourth-order valence-corrected chi connectivity index (χ4v) is 6.33. The van der Waals surface area contributed by atoms with Crippen molar-refractivity contribution in [3.63, 3.8) is 0 Å². The summed E-state index contributed by atoms with van der Waals surface area (Å²) in [7, 11) is 1.39. The Bertz CT molecular complexity index is 1140. The van der Waals surface area contributed by atoms with E-state index in [1.165, 1.54) is 19.2 Å². The zero-order valence-electron chi connectivity index (χ0n) is 22.2. The van der Waals surface area contributed by atoms with Crippen LogP contribution in [-0.2, 0) is 9.59 Å². The lowest BCUT2D eigenvalue weighted by molar-refractivity contribution is -0.150. The van der Waals surface area contributed by atoms with E-state index in [9.17, 15) is 29.1 Å². The smallest absolute Gasteiger partial charge is 0.309 e. The number of ether oxygens (including phenoxy) is 2. The van der Waals surface area contributed by atoms with Gasteiger partial charge in [0.25, 0.3) is 5.91 Å². The van der Waals surface area contributed by atoms with Crippen LogP contribution in [-0.4, -0.2) is 66.6 Å². The van der Waals surface area contributed by atoms with Crippen molar-refractivity contribution in [2.75, 3.05) is 20.3 Å². The van der Waals surface area contributed by atoms with E-state index in [4.69, 9.17) is 14.6 Å². The minimum atomic E-state index is -1.55. The summed E-state index contributed by atoms with van der Waals surface area (Å²) < 4.78 is 25.0. The molecule has 3 saturated carbocycles. The lowest BCUT2D eigenvalue weighted by Crippen LogP contribution is -2.50. The van der Waals surface area contributed by atoms with Gasteiger partial charge in [0.05, 0.1) is 48.8 Å². The van der Waals surface area contributed by atoms with Crippen molar-refractivity contribution in [1.29, 1.82) is 5.26 Å². The van der Waals surface area contributed by atoms with E-state index < -0.39 is 42.0 Å². The molecule has 2 bridgehead atoms. The Morgan fingerprint density at radius 1 is 1.18 bits per heavy atom. The highest BCUT2D eigenvalue weighted by Gasteiger charge is 2.51. The fraction of sp³-hybridized carbons (Fsp3) is 0.643. The second kappa shape index (κ2) is 11.8. The summed E-state index contributed by atoms with van der Waals surface area (Å²) in [6, 6.07) is 4.54. The lowest BCUT2D eigenvalue weighted by Gasteiger charge is -2.34. The number of amides is 2. The van der Waals surface area contributed by atoms with Gasteiger partial charge in [-0.25, -0.2) is 4.39 Å². The number of carbonyl (C=O) groups excluding carboxylic acids is 2. The van der Waals surface area contributed by atoms with Crippen LogP contribution in [0.5, 0.6) is 11.5 Å². The van der Waals surface area contributed by atoms with Crippen LogP contribution >= 0.6 is 0 Å². The maximum Gasteiger partial charge on any atom is 0.309 e. The number of carbonyl (C=O) groups is 3. The largest absolute Gasteiger partial charge is 0.496 e. The van der Waals surface area contributed by atoms with Gasteiger partial charge in [0.2, 0.25) is 5.91 Å². The van der Waals surface area contributed by atoms with Gasteiger partial charge >= 0.3 is 5.97 Å². The zero-order valence-corrected chi connectivity index (χ0v) is 22.2. The molecule has 0 spiro atoms. The Balaban J connectivity index is 1.51. The van der Waals surface area contributed by atoms with Gasteiger partial charge in [-0.05, 0) is 69.8 Å². The Hall–Kier alpha value is -3.39. The SMILES string of the molecule is COc1cc(C#N)c(OC2CCC(C)(C(=O)O)CC2)cc1C(=O)N[C@@H]1[C@H]2CC[C@H](C2)[C@@H]1C(=O)NC[C@H](F)CO. The second-order valence-corrected chi connectivity index (χ2v) is 11.2. The molecule has 1 aromatic rings. The van der Waals surface area contributed by atoms with E-state index in [1.54, 1.807) is 6.92 Å². The Labute approximate surface area is 226 Å². The number of nitrogens with one attached hydrogen (secondary N) is 2. The molecule has 1 aromatic carbocycles. The number of carboxylic acids is 1. The first-order chi connectivity index (χ1) is 18.6. The van der Waals surface area contributed by atoms with Crippen molar-refractivity contribution in [2.24, 2.45) is 23.2 Å². The first-order valence-corrected chi connectivity index (χ1v) is 13.5. The third-order valence-electron chi connectivity index (χ3n) is 8.73. The van der Waals surface area contributed by atoms with E-state index in [2.05, 4.69) is 16.7 Å². The summed E-state index contributed by atoms with van der Waals surface area (Å²) in [5.74, 6) is -1.57. The normalized spacial score (nSPS) is 30.2. The van der Waals surface area contributed by atoms with Crippen LogP contribution < -0.4 is 20.1 Å². The molecule has 0 radical (unpaired) electrons. The molecule has 39 heavy (non-hydrogen) atoms. The maximum absolute atomic E-state index is 13.5. The highest BCUT2D eigenvalue weighted by Crippen LogP contribution is 2.49. The molecular formula is C28H36FN3O7. The second-order valence-electron chi connectivity index (χ2n) is 11.2. The number of hydrogen-bond donors (Lipinski definition) is 4. The number of benzene rings is 1. The summed E-state index contributed by atoms with van der Waals surface area (Å²) in [5, 5.41) is 33.7. The highest BCUT2D eigenvalue weighted by molar-refractivity contribution is 5.98. The molecule has 3 aliphatic rings. The molecule has 3 aliphatic carbocycles. The molecule has 0 unspecified atom stereocenters. The van der Waals surface area contributed by atoms with Gasteiger partial charge in [0.15, 0.2) is 0 Å². The lowest BCUT2D eigenvalue weighted by atomic mass is 9.75. The van der Waals surface area contributed by atoms with Crippen LogP contribution in [0, 0.1) is 34.5 Å². The van der Waals surface area contributed by atoms with Crippen molar-refractivity contribution < 1.29 is 38.5 Å². The Kier molecular flexibility index (Phi) is 8.64. The molecule has 0 saturated heterocycles. The van der Waals surface area contributed by atoms with E-state index in [0.717, 1.165) is 19.3 Å². The average Bonchev–Trinajstić information content (AvgIpc) is 3.54. The number of alkyl halides is 1. The Morgan fingerprint density at radius 2 is 1.87 bits per heavy atom. The number of nitrogens with zero attached hydrogens (tertiary/aromatic N) is 1. The maximum atomic E-state index is 13.5. The van der Waals surface area contributed by atoms with Gasteiger partial charge in [0, 0.05) is 12.1 Å². The van der Waals surface area contributed by atoms with E-state index >= 15 is 0 Å². The number of halogens is 1. The van der Waals surface area contributed by atoms with Crippen LogP contribution in [0.1, 0.15) is 67.8 Å². The number of nitriles is 1. The predicted octanol–water partition coefficient (Wildman–Crippen LogP) is 2.57. The number of fused-ring (bicyclic) bond motifs is 2. The molecule has 11 heteroatoms. The molecule has 2 amide bonds. The monoisotopic (exact) mass is 545 g/mol. The van der Waals surface area contributed by atoms with Gasteiger partial charge in [-0.2, -0.15) is 5.26 Å². The van der Waals surface area contributed by atoms with Crippen LogP contribution in [0.25, 0.3) is 0 Å². The molecule has 212 valence electrons. The van der Waals surface area contributed by atoms with Crippen LogP contribution in [0.3, 0.4) is 0 Å². The third-order valence-corrected chi connectivity index (χ3v) is 8.73. The highest BCUT2D eigenvalue weighted by atomic mass is 19.1. The molecular weight excluding hydrogens is 509 g/mol. The average molecular weight is 546 g/mol. The first-order valence-electron chi connectivity index (χ1n) is 13.5. The molecule has 4 rings (SSSR count). The van der Waals surface area contributed by atoms with Crippen LogP contribution in [0.15, 0.2) is 12.1 Å². The topological polar surface area (TPSA) is 158 Å². The summed E-state index contributed by atoms with van der Waals surface area (Å²) in [5.41, 5.74) is -0.462. The minimum Gasteiger partial charge on any atom is -0.496 e. The molecule has 0 aliphatic heterocycles. The first kappa shape index (κ1) is 28.6. The molecule has 5 atom stereocenters. The fourth-order valence-electron chi connectivity index (χ4n) is 6.33. The third kappa shape index (κ3) is 5.96. The van der Waals surface area contributed by atoms with Crippen molar-refractivity contribution in [2.45, 2.75) is 70.2 Å². The Morgan fingerprint density at radius 3 is 2.49 bits per heavy atom. The standard InChI is InChI=1S/C28H36FN3O7/c1-28(27(36)37)7-5-19(6-8-28)39-21-11-20(22(38-2)10-17(21)12-30)25(34)32-24-16-4-3-15(9-16)23(24)26(35)31-13-18(29)14-33/h10-11,15-16,18-19,23-24,33H,3-9,13-14H2,1-2H3,(H,31,35)(H,32,34)(H,36,37)/t15-,16+,18+,19?,23+,24-,28?/m1/s1. The summed E-state index contributed by atoms with van der Waals surface area (Å²) in [6.07, 6.45) is 2.54. The van der Waals surface area contributed by atoms with E-state index in [1.807, 2.05) is 0 Å². The van der Waals surface area contributed by atoms with E-state index in [-0.39, 0.29) is 53.0 Å². The van der Waals surface area contributed by atoms with Crippen molar-refractivity contribution >= 4 is 17.8 Å². The van der Waals surface area contributed by atoms with Gasteiger partial charge in [-0.15, -0.1) is 0 Å². The van der Waals surface area contributed by atoms with Crippen molar-refractivity contribution in [3.05, 3.63) is 23.3 Å². The number of methoxy groups -OCH3 is 1. The van der Waals surface area contributed by atoms with Gasteiger partial charge in [-0.1, -0.05) is 0 Å². The van der Waals surface area contributed by atoms with Crippen LogP contribution in [0.2, 0.25) is 0 Å². The summed E-state index contributed by atoms with van der Waals surface area (Å²) >= 11 is 0. The van der Waals surface area contributed by atoms with Crippen molar-refractivity contribution in [1.82, 2.24) is 10.6 Å². The number of rotatable bonds is 10. The number of aliphatic hydroxyl groups excluding tert-OH is 1. The number of carboxylic acid groups (broad SMARTS) is 1. The molecule has 3 fully saturated rings. The van der Waals surface area contributed by atoms with Crippen LogP contribution in [0.4, 0.5) is 4.39 Å². The molecule has 10 nitrogen and oxygen atoms in total. The zero-order chi connectivity index (χ0) is 28.3. The summed E-state index contributed by atoms with van der Waals surface area (Å²) in [4.78, 5) is 38.0. The molecule has 0 aromatic heterocycles. The number of hydrogen-bond acceptors (Lipinski definition) is 7. The molecule has 4 N–H and O–H groups in total. The predicted molar refractivity (Wildman–Crippen MR) is 137 cm³/mol. The summed E-state index contributed by atoms with van der Waals surface area (Å²) in [6.45, 7) is 0.744. The minimum absolute atomic E-state index is 0.0806. The van der Waals surface area contributed by atoms with E-state index in [0.29, 0.717) is 25.7 Å². The van der Waals surface area contributed by atoms with Crippen molar-refractivity contribution in [3.8, 4) is 17.6 Å². The van der Waals surface area contributed by atoms with Gasteiger partial charge in [-0.3, -0.25) is 14.4 Å². The number of aliphatic hydroxyl groups is 1. The van der Waals surface area contributed by atoms with Gasteiger partial charge < -0.3 is 30.3 Å². The number of aliphatic carboxylic acids is 1. The molecule has 0 heterocycles. The van der Waals surface area contributed by atoms with Gasteiger partial charge in [0.1, 0.15) is 23.7 Å².